The van der Waals surface area contributed by atoms with Crippen LogP contribution in [0.2, 0.25) is 0 Å². The number of H-pyrrole nitrogens is 1. The first-order chi connectivity index (χ1) is 8.99. The number of nitrogens with one attached hydrogen (secondary N) is 2. The van der Waals surface area contributed by atoms with Gasteiger partial charge in [0.25, 0.3) is 5.91 Å². The van der Waals surface area contributed by atoms with Crippen LogP contribution in [0.5, 0.6) is 0 Å². The topological polar surface area (TPSA) is 57.8 Å². The van der Waals surface area contributed by atoms with Gasteiger partial charge in [-0.15, -0.1) is 0 Å². The van der Waals surface area contributed by atoms with E-state index in [9.17, 15) is 13.6 Å². The molecule has 1 aromatic carbocycles. The van der Waals surface area contributed by atoms with Crippen molar-refractivity contribution >= 4 is 21.8 Å². The highest BCUT2D eigenvalue weighted by molar-refractivity contribution is 9.10. The summed E-state index contributed by atoms with van der Waals surface area (Å²) in [5, 5.41) is 8.82. The predicted octanol–water partition coefficient (Wildman–Crippen LogP) is 2.94. The maximum absolute atomic E-state index is 13.6. The summed E-state index contributed by atoms with van der Waals surface area (Å²) in [6, 6.07) is 2.64. The molecule has 2 N–H and O–H groups in total. The number of amides is 1. The monoisotopic (exact) mass is 329 g/mol. The molecule has 7 heteroatoms. The van der Waals surface area contributed by atoms with Gasteiger partial charge in [0.15, 0.2) is 0 Å². The number of hydrogen-bond donors (Lipinski definition) is 2. The molecule has 0 saturated carbocycles. The summed E-state index contributed by atoms with van der Waals surface area (Å²) in [5.41, 5.74) is 0.458. The largest absolute Gasteiger partial charge is 0.344 e. The van der Waals surface area contributed by atoms with E-state index >= 15 is 0 Å². The van der Waals surface area contributed by atoms with E-state index in [0.717, 1.165) is 12.1 Å². The third-order valence-electron chi connectivity index (χ3n) is 2.60. The molecule has 0 spiro atoms. The van der Waals surface area contributed by atoms with Crippen molar-refractivity contribution in [2.24, 2.45) is 0 Å². The predicted molar refractivity (Wildman–Crippen MR) is 68.5 cm³/mol. The second kappa shape index (κ2) is 5.48. The van der Waals surface area contributed by atoms with Gasteiger partial charge in [0, 0.05) is 11.6 Å². The normalized spacial score (nSPS) is 12.2. The Bertz CT molecular complexity index is 615. The number of nitrogens with zero attached hydrogens (tertiary/aromatic N) is 1. The molecule has 2 rings (SSSR count). The molecule has 4 nitrogen and oxygen atoms in total. The molecule has 1 unspecified atom stereocenters. The van der Waals surface area contributed by atoms with Crippen LogP contribution < -0.4 is 5.32 Å². The minimum atomic E-state index is -0.698. The highest BCUT2D eigenvalue weighted by Gasteiger charge is 2.17. The van der Waals surface area contributed by atoms with Crippen LogP contribution in [0.25, 0.3) is 0 Å². The summed E-state index contributed by atoms with van der Waals surface area (Å²) in [6.45, 7) is 1.61. The Morgan fingerprint density at radius 1 is 1.47 bits per heavy atom. The van der Waals surface area contributed by atoms with E-state index in [1.165, 1.54) is 12.3 Å². The number of carbonyl (C=O) groups excluding carboxylic acids is 1. The van der Waals surface area contributed by atoms with Crippen LogP contribution in [-0.2, 0) is 0 Å². The minimum Gasteiger partial charge on any atom is -0.344 e. The molecular formula is C12H10BrF2N3O. The smallest absolute Gasteiger partial charge is 0.270 e. The van der Waals surface area contributed by atoms with Gasteiger partial charge in [-0.1, -0.05) is 6.07 Å². The quantitative estimate of drug-likeness (QED) is 0.909. The standard InChI is InChI=1S/C12H10BrF2N3O/c1-6(8-3-2-7(14)4-10(8)15)17-12(19)11-9(13)5-16-18-11/h2-6H,1H3,(H,16,18)(H,17,19). The van der Waals surface area contributed by atoms with Crippen molar-refractivity contribution in [3.8, 4) is 0 Å². The summed E-state index contributed by atoms with van der Waals surface area (Å²) in [4.78, 5) is 11.9. The van der Waals surface area contributed by atoms with E-state index in [2.05, 4.69) is 31.4 Å². The Morgan fingerprint density at radius 3 is 2.79 bits per heavy atom. The van der Waals surface area contributed by atoms with E-state index in [0.29, 0.717) is 4.47 Å². The van der Waals surface area contributed by atoms with Crippen LogP contribution in [0.4, 0.5) is 8.78 Å². The first-order valence-electron chi connectivity index (χ1n) is 5.43. The molecule has 0 radical (unpaired) electrons. The molecule has 1 heterocycles. The van der Waals surface area contributed by atoms with Crippen LogP contribution in [0.1, 0.15) is 29.0 Å². The van der Waals surface area contributed by atoms with Gasteiger partial charge in [-0.25, -0.2) is 8.78 Å². The van der Waals surface area contributed by atoms with Crippen LogP contribution in [0.15, 0.2) is 28.9 Å². The van der Waals surface area contributed by atoms with Crippen LogP contribution >= 0.6 is 15.9 Å². The third-order valence-corrected chi connectivity index (χ3v) is 3.20. The maximum atomic E-state index is 13.6. The van der Waals surface area contributed by atoms with Crippen LogP contribution in [0.3, 0.4) is 0 Å². The minimum absolute atomic E-state index is 0.213. The molecular weight excluding hydrogens is 320 g/mol. The first-order valence-corrected chi connectivity index (χ1v) is 6.23. The van der Waals surface area contributed by atoms with E-state index in [4.69, 9.17) is 0 Å². The number of rotatable bonds is 3. The fourth-order valence-electron chi connectivity index (χ4n) is 1.63. The fourth-order valence-corrected chi connectivity index (χ4v) is 2.00. The van der Waals surface area contributed by atoms with Crippen molar-refractivity contribution in [3.63, 3.8) is 0 Å². The molecule has 19 heavy (non-hydrogen) atoms. The molecule has 1 amide bonds. The molecule has 0 aliphatic carbocycles. The third kappa shape index (κ3) is 2.98. The number of aromatic amines is 1. The SMILES string of the molecule is CC(NC(=O)c1[nH]ncc1Br)c1ccc(F)cc1F. The molecule has 2 aromatic rings. The summed E-state index contributed by atoms with van der Waals surface area (Å²) in [5.74, 6) is -1.78. The molecule has 0 saturated heterocycles. The van der Waals surface area contributed by atoms with E-state index in [-0.39, 0.29) is 11.3 Å². The van der Waals surface area contributed by atoms with Gasteiger partial charge in [0.2, 0.25) is 0 Å². The van der Waals surface area contributed by atoms with Crippen molar-refractivity contribution in [1.29, 1.82) is 0 Å². The zero-order valence-electron chi connectivity index (χ0n) is 9.88. The number of halogens is 3. The molecule has 0 aliphatic rings. The van der Waals surface area contributed by atoms with Gasteiger partial charge >= 0.3 is 0 Å². The Hall–Kier alpha value is -1.76. The second-order valence-electron chi connectivity index (χ2n) is 3.95. The second-order valence-corrected chi connectivity index (χ2v) is 4.81. The molecule has 0 bridgehead atoms. The summed E-state index contributed by atoms with van der Waals surface area (Å²) >= 11 is 3.16. The number of carbonyl (C=O) groups is 1. The van der Waals surface area contributed by atoms with E-state index in [1.807, 2.05) is 0 Å². The number of aromatic nitrogens is 2. The van der Waals surface area contributed by atoms with Crippen molar-refractivity contribution < 1.29 is 13.6 Å². The highest BCUT2D eigenvalue weighted by atomic mass is 79.9. The summed E-state index contributed by atoms with van der Waals surface area (Å²) < 4.78 is 26.9. The van der Waals surface area contributed by atoms with Gasteiger partial charge in [-0.2, -0.15) is 5.10 Å². The lowest BCUT2D eigenvalue weighted by Gasteiger charge is -2.14. The number of benzene rings is 1. The van der Waals surface area contributed by atoms with Crippen molar-refractivity contribution in [2.45, 2.75) is 13.0 Å². The molecule has 0 fully saturated rings. The highest BCUT2D eigenvalue weighted by Crippen LogP contribution is 2.19. The van der Waals surface area contributed by atoms with Gasteiger partial charge in [-0.05, 0) is 28.9 Å². The van der Waals surface area contributed by atoms with E-state index in [1.54, 1.807) is 6.92 Å². The van der Waals surface area contributed by atoms with Gasteiger partial charge in [0.05, 0.1) is 16.7 Å². The van der Waals surface area contributed by atoms with Gasteiger partial charge in [0.1, 0.15) is 17.3 Å². The summed E-state index contributed by atoms with van der Waals surface area (Å²) in [7, 11) is 0. The summed E-state index contributed by atoms with van der Waals surface area (Å²) in [6.07, 6.45) is 1.44. The zero-order valence-corrected chi connectivity index (χ0v) is 11.5. The average molecular weight is 330 g/mol. The van der Waals surface area contributed by atoms with Crippen molar-refractivity contribution in [2.75, 3.05) is 0 Å². The van der Waals surface area contributed by atoms with Crippen LogP contribution in [-0.4, -0.2) is 16.1 Å². The maximum Gasteiger partial charge on any atom is 0.270 e. The molecule has 1 atom stereocenters. The Labute approximate surface area is 116 Å². The fraction of sp³-hybridized carbons (Fsp3) is 0.167. The molecule has 100 valence electrons. The Kier molecular flexibility index (Phi) is 3.94. The lowest BCUT2D eigenvalue weighted by atomic mass is 10.1. The first kappa shape index (κ1) is 13.7. The zero-order chi connectivity index (χ0) is 14.0. The Balaban J connectivity index is 2.15. The lowest BCUT2D eigenvalue weighted by Crippen LogP contribution is -2.27. The molecule has 0 aliphatic heterocycles. The Morgan fingerprint density at radius 2 is 2.21 bits per heavy atom. The number of hydrogen-bond acceptors (Lipinski definition) is 2. The van der Waals surface area contributed by atoms with Gasteiger partial charge in [-0.3, -0.25) is 9.89 Å². The lowest BCUT2D eigenvalue weighted by molar-refractivity contribution is 0.0933. The van der Waals surface area contributed by atoms with Gasteiger partial charge < -0.3 is 5.32 Å². The average Bonchev–Trinajstić information content (AvgIpc) is 2.75. The van der Waals surface area contributed by atoms with Crippen molar-refractivity contribution in [1.82, 2.24) is 15.5 Å². The molecule has 1 aromatic heterocycles. The van der Waals surface area contributed by atoms with Crippen molar-refractivity contribution in [3.05, 3.63) is 51.8 Å². The van der Waals surface area contributed by atoms with E-state index < -0.39 is 23.6 Å². The van der Waals surface area contributed by atoms with Crippen LogP contribution in [0, 0.1) is 11.6 Å².